The Morgan fingerprint density at radius 3 is 2.00 bits per heavy atom. The van der Waals surface area contributed by atoms with Crippen molar-refractivity contribution >= 4 is 45.6 Å². The molecule has 1 N–H and O–H groups in total. The molecular formula is C11H9Cl3O. The van der Waals surface area contributed by atoms with Crippen molar-refractivity contribution in [2.75, 3.05) is 0 Å². The van der Waals surface area contributed by atoms with Crippen molar-refractivity contribution in [1.82, 2.24) is 0 Å². The summed E-state index contributed by atoms with van der Waals surface area (Å²) >= 11 is 14.4. The van der Waals surface area contributed by atoms with Crippen molar-refractivity contribution in [3.8, 4) is 5.75 Å². The summed E-state index contributed by atoms with van der Waals surface area (Å²) in [5, 5.41) is 11.4. The molecule has 0 amide bonds. The summed E-state index contributed by atoms with van der Waals surface area (Å²) in [6.07, 6.45) is 0. The molecule has 80 valence electrons. The number of phenolic OH excluding ortho intramolecular Hbond substituents is 1. The monoisotopic (exact) mass is 262 g/mol. The number of aromatic hydroxyl groups is 1. The first-order valence-electron chi connectivity index (χ1n) is 4.20. The lowest BCUT2D eigenvalue weighted by Crippen LogP contribution is -1.70. The molecule has 15 heavy (non-hydrogen) atoms. The quantitative estimate of drug-likeness (QED) is 0.692. The van der Waals surface area contributed by atoms with E-state index in [9.17, 15) is 5.11 Å². The first-order valence-corrected chi connectivity index (χ1v) is 5.51. The Balaban J connectivity index is 0.000000245. The summed E-state index contributed by atoms with van der Waals surface area (Å²) in [5.41, 5.74) is 0. The van der Waals surface area contributed by atoms with E-state index in [2.05, 4.69) is 0 Å². The van der Waals surface area contributed by atoms with Crippen LogP contribution < -0.4 is 0 Å². The second-order valence-electron chi connectivity index (χ2n) is 2.75. The van der Waals surface area contributed by atoms with Crippen molar-refractivity contribution in [2.45, 2.75) is 4.30 Å². The summed E-state index contributed by atoms with van der Waals surface area (Å²) in [6, 6.07) is 13.3. The Hall–Kier alpha value is -0.630. The number of hydrogen-bond donors (Lipinski definition) is 1. The third-order valence-electron chi connectivity index (χ3n) is 1.77. The molecule has 0 fully saturated rings. The smallest absolute Gasteiger partial charge is 0.180 e. The minimum Gasteiger partial charge on any atom is -0.507 e. The van der Waals surface area contributed by atoms with Gasteiger partial charge in [-0.05, 0) is 11.5 Å². The van der Waals surface area contributed by atoms with Crippen molar-refractivity contribution in [1.29, 1.82) is 0 Å². The van der Waals surface area contributed by atoms with E-state index < -0.39 is 4.30 Å². The number of fused-ring (bicyclic) bond motifs is 1. The van der Waals surface area contributed by atoms with E-state index in [1.807, 2.05) is 36.4 Å². The van der Waals surface area contributed by atoms with Gasteiger partial charge in [-0.2, -0.15) is 0 Å². The van der Waals surface area contributed by atoms with Crippen LogP contribution >= 0.6 is 34.8 Å². The Bertz CT molecular complexity index is 421. The fourth-order valence-corrected chi connectivity index (χ4v) is 1.21. The minimum absolute atomic E-state index is 0.350. The molecule has 0 aliphatic heterocycles. The number of phenols is 1. The van der Waals surface area contributed by atoms with E-state index in [1.165, 1.54) is 0 Å². The van der Waals surface area contributed by atoms with Crippen molar-refractivity contribution in [3.05, 3.63) is 42.5 Å². The third kappa shape index (κ3) is 4.17. The predicted octanol–water partition coefficient (Wildman–Crippen LogP) is 4.53. The Morgan fingerprint density at radius 1 is 0.867 bits per heavy atom. The van der Waals surface area contributed by atoms with Crippen LogP contribution in [0, 0.1) is 0 Å². The zero-order chi connectivity index (χ0) is 11.3. The van der Waals surface area contributed by atoms with Gasteiger partial charge in [0.1, 0.15) is 5.75 Å². The van der Waals surface area contributed by atoms with Crippen molar-refractivity contribution in [3.63, 3.8) is 0 Å². The van der Waals surface area contributed by atoms with Crippen LogP contribution in [0.4, 0.5) is 0 Å². The molecule has 0 bridgehead atoms. The molecule has 0 radical (unpaired) electrons. The summed E-state index contributed by atoms with van der Waals surface area (Å²) in [6.45, 7) is 0. The highest BCUT2D eigenvalue weighted by molar-refractivity contribution is 6.63. The standard InChI is InChI=1S/C10H8O.CHCl3/c11-10-7-3-5-8-4-1-2-6-9(8)10;2-1(3)4/h1-7,11H;1H. The molecule has 2 aromatic carbocycles. The van der Waals surface area contributed by atoms with E-state index in [0.717, 1.165) is 10.8 Å². The average molecular weight is 264 g/mol. The molecule has 0 unspecified atom stereocenters. The van der Waals surface area contributed by atoms with Crippen LogP contribution in [0.3, 0.4) is 0 Å². The van der Waals surface area contributed by atoms with Gasteiger partial charge in [-0.25, -0.2) is 0 Å². The fraction of sp³-hybridized carbons (Fsp3) is 0.0909. The first kappa shape index (κ1) is 12.4. The molecule has 2 rings (SSSR count). The molecule has 0 aromatic heterocycles. The number of rotatable bonds is 0. The number of hydrogen-bond acceptors (Lipinski definition) is 1. The molecule has 2 aromatic rings. The molecule has 0 heterocycles. The van der Waals surface area contributed by atoms with Gasteiger partial charge in [0, 0.05) is 5.39 Å². The van der Waals surface area contributed by atoms with Gasteiger partial charge in [-0.15, -0.1) is 0 Å². The maximum Gasteiger partial charge on any atom is 0.180 e. The summed E-state index contributed by atoms with van der Waals surface area (Å²) in [4.78, 5) is 0. The lowest BCUT2D eigenvalue weighted by Gasteiger charge is -1.97. The molecule has 0 aliphatic rings. The number of alkyl halides is 3. The van der Waals surface area contributed by atoms with Crippen LogP contribution in [0.1, 0.15) is 0 Å². The molecule has 0 spiro atoms. The maximum atomic E-state index is 9.37. The van der Waals surface area contributed by atoms with Crippen LogP contribution in [-0.2, 0) is 0 Å². The first-order chi connectivity index (χ1) is 7.11. The summed E-state index contributed by atoms with van der Waals surface area (Å²) in [5.74, 6) is 0.350. The van der Waals surface area contributed by atoms with Gasteiger partial charge in [-0.3, -0.25) is 0 Å². The lowest BCUT2D eigenvalue weighted by molar-refractivity contribution is 0.481. The average Bonchev–Trinajstić information content (AvgIpc) is 2.18. The number of benzene rings is 2. The van der Waals surface area contributed by atoms with Crippen LogP contribution in [0.15, 0.2) is 42.5 Å². The van der Waals surface area contributed by atoms with Gasteiger partial charge in [-0.1, -0.05) is 71.2 Å². The normalized spacial score (nSPS) is 9.87. The molecule has 4 heteroatoms. The summed E-state index contributed by atoms with van der Waals surface area (Å²) < 4.78 is -0.750. The second kappa shape index (κ2) is 6.06. The number of halogens is 3. The molecule has 0 aliphatic carbocycles. The molecule has 0 saturated heterocycles. The Kier molecular flexibility index (Phi) is 5.03. The largest absolute Gasteiger partial charge is 0.507 e. The minimum atomic E-state index is -0.750. The third-order valence-corrected chi connectivity index (χ3v) is 1.77. The summed E-state index contributed by atoms with van der Waals surface area (Å²) in [7, 11) is 0. The van der Waals surface area contributed by atoms with Gasteiger partial charge in [0.2, 0.25) is 0 Å². The van der Waals surface area contributed by atoms with Gasteiger partial charge in [0.25, 0.3) is 0 Å². The highest BCUT2D eigenvalue weighted by atomic mass is 35.6. The van der Waals surface area contributed by atoms with Gasteiger partial charge in [0.15, 0.2) is 4.30 Å². The maximum absolute atomic E-state index is 9.37. The molecule has 1 nitrogen and oxygen atoms in total. The van der Waals surface area contributed by atoms with Crippen molar-refractivity contribution < 1.29 is 5.11 Å². The predicted molar refractivity (Wildman–Crippen MR) is 67.0 cm³/mol. The molecule has 0 atom stereocenters. The van der Waals surface area contributed by atoms with E-state index in [4.69, 9.17) is 34.8 Å². The Labute approximate surface area is 103 Å². The fourth-order valence-electron chi connectivity index (χ4n) is 1.21. The van der Waals surface area contributed by atoms with E-state index in [1.54, 1.807) is 6.07 Å². The van der Waals surface area contributed by atoms with Crippen LogP contribution in [0.5, 0.6) is 5.75 Å². The molecule has 0 saturated carbocycles. The van der Waals surface area contributed by atoms with Crippen LogP contribution in [0.2, 0.25) is 0 Å². The van der Waals surface area contributed by atoms with Gasteiger partial charge < -0.3 is 5.11 Å². The Morgan fingerprint density at radius 2 is 1.40 bits per heavy atom. The topological polar surface area (TPSA) is 20.2 Å². The molecular weight excluding hydrogens is 254 g/mol. The zero-order valence-electron chi connectivity index (χ0n) is 7.70. The lowest BCUT2D eigenvalue weighted by atomic mass is 10.1. The van der Waals surface area contributed by atoms with E-state index in [0.29, 0.717) is 5.75 Å². The van der Waals surface area contributed by atoms with E-state index in [-0.39, 0.29) is 0 Å². The van der Waals surface area contributed by atoms with Crippen LogP contribution in [0.25, 0.3) is 10.8 Å². The van der Waals surface area contributed by atoms with Gasteiger partial charge >= 0.3 is 0 Å². The SMILES string of the molecule is ClC(Cl)Cl.Oc1cccc2ccccc12. The second-order valence-corrected chi connectivity index (χ2v) is 4.73. The highest BCUT2D eigenvalue weighted by Crippen LogP contribution is 2.22. The zero-order valence-corrected chi connectivity index (χ0v) is 9.97. The van der Waals surface area contributed by atoms with Crippen LogP contribution in [-0.4, -0.2) is 9.40 Å². The highest BCUT2D eigenvalue weighted by Gasteiger charge is 1.94. The van der Waals surface area contributed by atoms with E-state index >= 15 is 0 Å². The van der Waals surface area contributed by atoms with Crippen molar-refractivity contribution in [2.24, 2.45) is 0 Å². The van der Waals surface area contributed by atoms with Gasteiger partial charge in [0.05, 0.1) is 0 Å².